The summed E-state index contributed by atoms with van der Waals surface area (Å²) in [6, 6.07) is 7.81. The smallest absolute Gasteiger partial charge is 0.264 e. The molecule has 4 rings (SSSR count). The van der Waals surface area contributed by atoms with Crippen LogP contribution in [0, 0.1) is 11.6 Å². The number of halogens is 3. The molecule has 2 atom stereocenters. The van der Waals surface area contributed by atoms with E-state index in [1.807, 2.05) is 0 Å². The van der Waals surface area contributed by atoms with Crippen LogP contribution in [0.15, 0.2) is 30.3 Å². The van der Waals surface area contributed by atoms with Crippen LogP contribution < -0.4 is 9.46 Å². The molecular formula is C24H27ClF2N2O2S. The van der Waals surface area contributed by atoms with E-state index in [9.17, 15) is 13.6 Å². The van der Waals surface area contributed by atoms with Crippen molar-refractivity contribution in [3.8, 4) is 5.75 Å². The summed E-state index contributed by atoms with van der Waals surface area (Å²) in [6.45, 7) is 3.41. The van der Waals surface area contributed by atoms with Gasteiger partial charge in [-0.2, -0.15) is 0 Å². The van der Waals surface area contributed by atoms with Crippen molar-refractivity contribution >= 4 is 29.5 Å². The molecule has 32 heavy (non-hydrogen) atoms. The molecule has 1 aliphatic carbocycles. The highest BCUT2D eigenvalue weighted by atomic mass is 35.5. The highest BCUT2D eigenvalue weighted by Gasteiger charge is 2.32. The minimum absolute atomic E-state index is 0.0541. The molecule has 0 aromatic heterocycles. The number of likely N-dealkylation sites (tertiary alicyclic amines) is 1. The van der Waals surface area contributed by atoms with E-state index in [1.165, 1.54) is 18.2 Å². The maximum Gasteiger partial charge on any atom is 0.264 e. The van der Waals surface area contributed by atoms with Crippen LogP contribution in [0.25, 0.3) is 0 Å². The third-order valence-corrected chi connectivity index (χ3v) is 6.95. The normalized spacial score (nSPS) is 21.4. The molecule has 1 saturated heterocycles. The Hall–Kier alpha value is -1.83. The number of hydrogen-bond donors (Lipinski definition) is 1. The number of carbonyl (C=O) groups excluding carboxylic acids is 1. The van der Waals surface area contributed by atoms with Crippen molar-refractivity contribution in [2.75, 3.05) is 12.8 Å². The van der Waals surface area contributed by atoms with Gasteiger partial charge >= 0.3 is 0 Å². The highest BCUT2D eigenvalue weighted by molar-refractivity contribution is 7.97. The number of piperidine rings is 1. The molecule has 1 heterocycles. The molecule has 1 amide bonds. The number of rotatable bonds is 7. The average molecular weight is 481 g/mol. The molecule has 2 aromatic rings. The molecule has 1 unspecified atom stereocenters. The van der Waals surface area contributed by atoms with Crippen molar-refractivity contribution in [1.82, 2.24) is 9.62 Å². The standard InChI is InChI=1S/C24H27ClF2N2O2S/c1-14-3-8-18(13-29(14)12-16-6-7-17(26)9-21(16)25)31-23-11-22(27)20(24(30)28-32-2)10-19(23)15-4-5-15/h6-7,9-11,14-15,18H,3-5,8,12-13H2,1-2H3,(H,28,30)/t14-,18?/m0/s1. The number of benzene rings is 2. The van der Waals surface area contributed by atoms with Crippen LogP contribution in [-0.2, 0) is 6.54 Å². The minimum atomic E-state index is -0.574. The van der Waals surface area contributed by atoms with Crippen LogP contribution in [-0.4, -0.2) is 35.8 Å². The molecule has 1 saturated carbocycles. The van der Waals surface area contributed by atoms with Crippen molar-refractivity contribution in [2.45, 2.75) is 57.2 Å². The quantitative estimate of drug-likeness (QED) is 0.498. The summed E-state index contributed by atoms with van der Waals surface area (Å²) in [5.74, 6) is -0.517. The number of nitrogens with one attached hydrogen (secondary N) is 1. The van der Waals surface area contributed by atoms with Crippen molar-refractivity contribution in [3.63, 3.8) is 0 Å². The fourth-order valence-electron chi connectivity index (χ4n) is 4.22. The Bertz CT molecular complexity index is 1000. The van der Waals surface area contributed by atoms with Gasteiger partial charge in [0.1, 0.15) is 23.5 Å². The Labute approximate surface area is 196 Å². The average Bonchev–Trinajstić information content (AvgIpc) is 3.58. The maximum atomic E-state index is 14.7. The number of amides is 1. The third-order valence-electron chi connectivity index (χ3n) is 6.21. The van der Waals surface area contributed by atoms with E-state index < -0.39 is 11.7 Å². The molecule has 0 spiro atoms. The van der Waals surface area contributed by atoms with Gasteiger partial charge < -0.3 is 4.74 Å². The van der Waals surface area contributed by atoms with Crippen molar-refractivity contribution in [3.05, 3.63) is 63.7 Å². The van der Waals surface area contributed by atoms with Gasteiger partial charge in [-0.05, 0) is 67.9 Å². The molecular weight excluding hydrogens is 454 g/mol. The summed E-state index contributed by atoms with van der Waals surface area (Å²) in [7, 11) is 0. The van der Waals surface area contributed by atoms with Gasteiger partial charge in [0.15, 0.2) is 0 Å². The van der Waals surface area contributed by atoms with Crippen LogP contribution in [0.1, 0.15) is 60.0 Å². The SMILES string of the molecule is CSNC(=O)c1cc(C2CC2)c(OC2CC[C@H](C)N(Cc3ccc(F)cc3Cl)C2)cc1F. The molecule has 2 aromatic carbocycles. The summed E-state index contributed by atoms with van der Waals surface area (Å²) in [5, 5.41) is 0.414. The molecule has 8 heteroatoms. The Morgan fingerprint density at radius 1 is 1.22 bits per heavy atom. The second-order valence-corrected chi connectivity index (χ2v) is 9.63. The maximum absolute atomic E-state index is 14.7. The molecule has 2 fully saturated rings. The zero-order chi connectivity index (χ0) is 22.8. The van der Waals surface area contributed by atoms with Gasteiger partial charge in [0.05, 0.1) is 5.56 Å². The van der Waals surface area contributed by atoms with Crippen molar-refractivity contribution < 1.29 is 18.3 Å². The minimum Gasteiger partial charge on any atom is -0.489 e. The second kappa shape index (κ2) is 9.98. The van der Waals surface area contributed by atoms with Crippen LogP contribution in [0.3, 0.4) is 0 Å². The van der Waals surface area contributed by atoms with E-state index in [0.29, 0.717) is 35.8 Å². The van der Waals surface area contributed by atoms with Gasteiger partial charge in [0.2, 0.25) is 0 Å². The fraction of sp³-hybridized carbons (Fsp3) is 0.458. The summed E-state index contributed by atoms with van der Waals surface area (Å²) in [4.78, 5) is 14.5. The first-order valence-corrected chi connectivity index (χ1v) is 12.5. The molecule has 0 bridgehead atoms. The third kappa shape index (κ3) is 5.38. The first kappa shape index (κ1) is 23.3. The lowest BCUT2D eigenvalue weighted by Crippen LogP contribution is -2.45. The van der Waals surface area contributed by atoms with Crippen molar-refractivity contribution in [1.29, 1.82) is 0 Å². The Kier molecular flexibility index (Phi) is 7.27. The first-order chi connectivity index (χ1) is 15.4. The number of carbonyl (C=O) groups is 1. The summed E-state index contributed by atoms with van der Waals surface area (Å²) in [6.07, 6.45) is 5.44. The number of ether oxygens (including phenoxy) is 1. The summed E-state index contributed by atoms with van der Waals surface area (Å²) in [5.41, 5.74) is 1.83. The van der Waals surface area contributed by atoms with E-state index in [-0.39, 0.29) is 17.5 Å². The first-order valence-electron chi connectivity index (χ1n) is 10.9. The lowest BCUT2D eigenvalue weighted by molar-refractivity contribution is 0.0502. The number of hydrogen-bond acceptors (Lipinski definition) is 4. The molecule has 1 N–H and O–H groups in total. The van der Waals surface area contributed by atoms with Gasteiger partial charge in [0, 0.05) is 36.5 Å². The molecule has 4 nitrogen and oxygen atoms in total. The highest BCUT2D eigenvalue weighted by Crippen LogP contribution is 2.45. The van der Waals surface area contributed by atoms with E-state index in [0.717, 1.165) is 48.8 Å². The largest absolute Gasteiger partial charge is 0.489 e. The van der Waals surface area contributed by atoms with E-state index in [2.05, 4.69) is 16.5 Å². The van der Waals surface area contributed by atoms with Crippen LogP contribution in [0.5, 0.6) is 5.75 Å². The lowest BCUT2D eigenvalue weighted by Gasteiger charge is -2.38. The molecule has 2 aliphatic rings. The molecule has 1 aliphatic heterocycles. The van der Waals surface area contributed by atoms with Crippen LogP contribution >= 0.6 is 23.5 Å². The number of nitrogens with zero attached hydrogens (tertiary/aromatic N) is 1. The Morgan fingerprint density at radius 3 is 2.69 bits per heavy atom. The fourth-order valence-corrected chi connectivity index (χ4v) is 4.74. The monoisotopic (exact) mass is 480 g/mol. The topological polar surface area (TPSA) is 41.6 Å². The van der Waals surface area contributed by atoms with Crippen LogP contribution in [0.2, 0.25) is 5.02 Å². The van der Waals surface area contributed by atoms with E-state index in [4.69, 9.17) is 16.3 Å². The van der Waals surface area contributed by atoms with E-state index >= 15 is 0 Å². The second-order valence-electron chi connectivity index (χ2n) is 8.61. The van der Waals surface area contributed by atoms with Gasteiger partial charge in [0.25, 0.3) is 5.91 Å². The molecule has 0 radical (unpaired) electrons. The zero-order valence-corrected chi connectivity index (χ0v) is 19.7. The van der Waals surface area contributed by atoms with Crippen molar-refractivity contribution in [2.24, 2.45) is 0 Å². The van der Waals surface area contributed by atoms with Gasteiger partial charge in [-0.1, -0.05) is 29.6 Å². The summed E-state index contributed by atoms with van der Waals surface area (Å²) >= 11 is 7.38. The van der Waals surface area contributed by atoms with Gasteiger partial charge in [-0.15, -0.1) is 0 Å². The lowest BCUT2D eigenvalue weighted by atomic mass is 9.99. The van der Waals surface area contributed by atoms with Gasteiger partial charge in [-0.25, -0.2) is 8.78 Å². The Morgan fingerprint density at radius 2 is 2.00 bits per heavy atom. The van der Waals surface area contributed by atoms with E-state index in [1.54, 1.807) is 18.4 Å². The van der Waals surface area contributed by atoms with Gasteiger partial charge in [-0.3, -0.25) is 14.4 Å². The predicted octanol–water partition coefficient (Wildman–Crippen LogP) is 5.94. The van der Waals surface area contributed by atoms with Crippen LogP contribution in [0.4, 0.5) is 8.78 Å². The Balaban J connectivity index is 1.51. The molecule has 172 valence electrons. The zero-order valence-electron chi connectivity index (χ0n) is 18.2. The summed E-state index contributed by atoms with van der Waals surface area (Å²) < 4.78 is 37.0. The predicted molar refractivity (Wildman–Crippen MR) is 124 cm³/mol.